The summed E-state index contributed by atoms with van der Waals surface area (Å²) in [5.41, 5.74) is 2.16. The number of hydrogen-bond donors (Lipinski definition) is 2. The number of rotatable bonds is 6. The van der Waals surface area contributed by atoms with Gasteiger partial charge in [-0.3, -0.25) is 4.79 Å². The van der Waals surface area contributed by atoms with E-state index in [1.54, 1.807) is 26.0 Å². The quantitative estimate of drug-likeness (QED) is 0.829. The molecule has 0 aromatic heterocycles. The van der Waals surface area contributed by atoms with Crippen LogP contribution in [-0.2, 0) is 11.3 Å². The first-order valence-electron chi connectivity index (χ1n) is 6.69. The smallest absolute Gasteiger partial charge is 0.224 e. The Hall–Kier alpha value is -1.42. The third-order valence-corrected chi connectivity index (χ3v) is 3.11. The van der Waals surface area contributed by atoms with Crippen molar-refractivity contribution in [3.8, 4) is 0 Å². The van der Waals surface area contributed by atoms with Crippen molar-refractivity contribution < 1.29 is 9.18 Å². The molecule has 1 aromatic carbocycles. The van der Waals surface area contributed by atoms with Crippen LogP contribution in [0, 0.1) is 25.6 Å². The van der Waals surface area contributed by atoms with Crippen molar-refractivity contribution in [2.24, 2.45) is 5.92 Å². The van der Waals surface area contributed by atoms with Gasteiger partial charge in [-0.2, -0.15) is 0 Å². The molecular formula is C15H23FN2O. The predicted molar refractivity (Wildman–Crippen MR) is 75.4 cm³/mol. The van der Waals surface area contributed by atoms with Gasteiger partial charge in [0, 0.05) is 19.0 Å². The van der Waals surface area contributed by atoms with E-state index in [1.165, 1.54) is 0 Å². The SMILES string of the molecule is CCNCC(C)C(=O)NCc1cc(C)c(F)c(C)c1. The summed E-state index contributed by atoms with van der Waals surface area (Å²) in [6, 6.07) is 3.55. The highest BCUT2D eigenvalue weighted by Crippen LogP contribution is 2.14. The van der Waals surface area contributed by atoms with Gasteiger partial charge >= 0.3 is 0 Å². The van der Waals surface area contributed by atoms with E-state index < -0.39 is 0 Å². The van der Waals surface area contributed by atoms with Gasteiger partial charge in [-0.1, -0.05) is 26.0 Å². The van der Waals surface area contributed by atoms with E-state index in [1.807, 2.05) is 13.8 Å². The van der Waals surface area contributed by atoms with E-state index in [0.717, 1.165) is 12.1 Å². The number of amides is 1. The van der Waals surface area contributed by atoms with Crippen LogP contribution in [0.5, 0.6) is 0 Å². The van der Waals surface area contributed by atoms with Gasteiger partial charge in [0.1, 0.15) is 5.82 Å². The lowest BCUT2D eigenvalue weighted by Crippen LogP contribution is -2.34. The van der Waals surface area contributed by atoms with E-state index in [2.05, 4.69) is 10.6 Å². The Morgan fingerprint density at radius 2 is 1.89 bits per heavy atom. The monoisotopic (exact) mass is 266 g/mol. The summed E-state index contributed by atoms with van der Waals surface area (Å²) in [4.78, 5) is 11.8. The highest BCUT2D eigenvalue weighted by molar-refractivity contribution is 5.78. The summed E-state index contributed by atoms with van der Waals surface area (Å²) in [5.74, 6) is -0.223. The summed E-state index contributed by atoms with van der Waals surface area (Å²) >= 11 is 0. The fraction of sp³-hybridized carbons (Fsp3) is 0.533. The molecule has 0 radical (unpaired) electrons. The average molecular weight is 266 g/mol. The second kappa shape index (κ2) is 7.24. The third kappa shape index (κ3) is 4.63. The molecular weight excluding hydrogens is 243 g/mol. The molecule has 0 saturated carbocycles. The molecule has 0 aliphatic rings. The largest absolute Gasteiger partial charge is 0.352 e. The third-order valence-electron chi connectivity index (χ3n) is 3.11. The topological polar surface area (TPSA) is 41.1 Å². The van der Waals surface area contributed by atoms with Gasteiger partial charge < -0.3 is 10.6 Å². The maximum absolute atomic E-state index is 13.5. The number of halogens is 1. The molecule has 0 spiro atoms. The standard InChI is InChI=1S/C15H23FN2O/c1-5-17-8-12(4)15(19)18-9-13-6-10(2)14(16)11(3)7-13/h6-7,12,17H,5,8-9H2,1-4H3,(H,18,19). The van der Waals surface area contributed by atoms with Gasteiger partial charge in [0.2, 0.25) is 5.91 Å². The molecule has 1 rings (SSSR count). The lowest BCUT2D eigenvalue weighted by molar-refractivity contribution is -0.124. The van der Waals surface area contributed by atoms with E-state index in [0.29, 0.717) is 24.2 Å². The Balaban J connectivity index is 2.55. The summed E-state index contributed by atoms with van der Waals surface area (Å²) in [7, 11) is 0. The molecule has 1 aromatic rings. The minimum Gasteiger partial charge on any atom is -0.352 e. The lowest BCUT2D eigenvalue weighted by atomic mass is 10.1. The van der Waals surface area contributed by atoms with Gasteiger partial charge in [0.25, 0.3) is 0 Å². The molecule has 3 nitrogen and oxygen atoms in total. The Morgan fingerprint density at radius 3 is 2.42 bits per heavy atom. The van der Waals surface area contributed by atoms with Gasteiger partial charge in [-0.25, -0.2) is 4.39 Å². The zero-order chi connectivity index (χ0) is 14.4. The predicted octanol–water partition coefficient (Wildman–Crippen LogP) is 2.30. The minimum absolute atomic E-state index is 0.0144. The molecule has 0 heterocycles. The van der Waals surface area contributed by atoms with Crippen LogP contribution < -0.4 is 10.6 Å². The van der Waals surface area contributed by atoms with Crippen molar-refractivity contribution in [1.82, 2.24) is 10.6 Å². The van der Waals surface area contributed by atoms with Crippen LogP contribution in [-0.4, -0.2) is 19.0 Å². The molecule has 1 amide bonds. The number of hydrogen-bond acceptors (Lipinski definition) is 2. The van der Waals surface area contributed by atoms with E-state index in [4.69, 9.17) is 0 Å². The first kappa shape index (κ1) is 15.6. The van der Waals surface area contributed by atoms with Crippen molar-refractivity contribution in [2.75, 3.05) is 13.1 Å². The van der Waals surface area contributed by atoms with Crippen LogP contribution >= 0.6 is 0 Å². The molecule has 0 bridgehead atoms. The molecule has 0 fully saturated rings. The van der Waals surface area contributed by atoms with Crippen LogP contribution in [0.3, 0.4) is 0 Å². The number of nitrogens with one attached hydrogen (secondary N) is 2. The summed E-state index contributed by atoms with van der Waals surface area (Å²) in [6.45, 7) is 9.34. The van der Waals surface area contributed by atoms with Gasteiger partial charge in [-0.05, 0) is 37.1 Å². The molecule has 2 N–H and O–H groups in total. The van der Waals surface area contributed by atoms with Crippen molar-refractivity contribution in [3.05, 3.63) is 34.6 Å². The molecule has 106 valence electrons. The van der Waals surface area contributed by atoms with Crippen LogP contribution in [0.15, 0.2) is 12.1 Å². The normalized spacial score (nSPS) is 12.3. The Kier molecular flexibility index (Phi) is 5.96. The highest BCUT2D eigenvalue weighted by atomic mass is 19.1. The van der Waals surface area contributed by atoms with E-state index >= 15 is 0 Å². The van der Waals surface area contributed by atoms with Crippen molar-refractivity contribution >= 4 is 5.91 Å². The number of carbonyl (C=O) groups is 1. The van der Waals surface area contributed by atoms with Crippen molar-refractivity contribution in [1.29, 1.82) is 0 Å². The Bertz CT molecular complexity index is 423. The number of benzene rings is 1. The van der Waals surface area contributed by atoms with Crippen LogP contribution in [0.25, 0.3) is 0 Å². The van der Waals surface area contributed by atoms with Crippen molar-refractivity contribution in [3.63, 3.8) is 0 Å². The van der Waals surface area contributed by atoms with Crippen LogP contribution in [0.4, 0.5) is 4.39 Å². The molecule has 0 saturated heterocycles. The van der Waals surface area contributed by atoms with Gasteiger partial charge in [0.15, 0.2) is 0 Å². The average Bonchev–Trinajstić information content (AvgIpc) is 2.39. The fourth-order valence-corrected chi connectivity index (χ4v) is 1.95. The number of aryl methyl sites for hydroxylation is 2. The molecule has 1 unspecified atom stereocenters. The lowest BCUT2D eigenvalue weighted by Gasteiger charge is -2.13. The molecule has 1 atom stereocenters. The molecule has 0 aliphatic heterocycles. The summed E-state index contributed by atoms with van der Waals surface area (Å²) in [5, 5.41) is 6.02. The zero-order valence-electron chi connectivity index (χ0n) is 12.1. The van der Waals surface area contributed by atoms with Crippen molar-refractivity contribution in [2.45, 2.75) is 34.2 Å². The number of carbonyl (C=O) groups excluding carboxylic acids is 1. The maximum Gasteiger partial charge on any atom is 0.224 e. The van der Waals surface area contributed by atoms with E-state index in [-0.39, 0.29) is 17.6 Å². The zero-order valence-corrected chi connectivity index (χ0v) is 12.1. The Labute approximate surface area is 114 Å². The Morgan fingerprint density at radius 1 is 1.32 bits per heavy atom. The van der Waals surface area contributed by atoms with Gasteiger partial charge in [-0.15, -0.1) is 0 Å². The summed E-state index contributed by atoms with van der Waals surface area (Å²) < 4.78 is 13.5. The second-order valence-corrected chi connectivity index (χ2v) is 4.97. The first-order valence-corrected chi connectivity index (χ1v) is 6.69. The van der Waals surface area contributed by atoms with Gasteiger partial charge in [0.05, 0.1) is 0 Å². The summed E-state index contributed by atoms with van der Waals surface area (Å²) in [6.07, 6.45) is 0. The molecule has 19 heavy (non-hydrogen) atoms. The molecule has 4 heteroatoms. The minimum atomic E-state index is -0.171. The highest BCUT2D eigenvalue weighted by Gasteiger charge is 2.12. The molecule has 0 aliphatic carbocycles. The van der Waals surface area contributed by atoms with Crippen LogP contribution in [0.1, 0.15) is 30.5 Å². The first-order chi connectivity index (χ1) is 8.95. The maximum atomic E-state index is 13.5. The van der Waals surface area contributed by atoms with Crippen LogP contribution in [0.2, 0.25) is 0 Å². The second-order valence-electron chi connectivity index (χ2n) is 4.97. The fourth-order valence-electron chi connectivity index (χ4n) is 1.95. The van der Waals surface area contributed by atoms with E-state index in [9.17, 15) is 9.18 Å².